The minimum Gasteiger partial charge on any atom is -0.352 e. The quantitative estimate of drug-likeness (QED) is 0.571. The third-order valence-electron chi connectivity index (χ3n) is 6.86. The van der Waals surface area contributed by atoms with Crippen molar-refractivity contribution in [2.24, 2.45) is 4.99 Å². The average molecular weight is 398 g/mol. The fourth-order valence-electron chi connectivity index (χ4n) is 5.06. The third-order valence-corrected chi connectivity index (χ3v) is 6.86. The number of hydrogen-bond donors (Lipinski definition) is 2. The molecule has 29 heavy (non-hydrogen) atoms. The fraction of sp³-hybridized carbons (Fsp3) is 0.708. The molecule has 2 aliphatic heterocycles. The van der Waals surface area contributed by atoms with Gasteiger partial charge in [0, 0.05) is 44.8 Å². The Bertz CT molecular complexity index is 676. The molecule has 2 atom stereocenters. The van der Waals surface area contributed by atoms with Crippen LogP contribution in [0.15, 0.2) is 29.3 Å². The van der Waals surface area contributed by atoms with Crippen molar-refractivity contribution in [2.45, 2.75) is 83.1 Å². The molecule has 3 fully saturated rings. The molecule has 5 nitrogen and oxygen atoms in total. The van der Waals surface area contributed by atoms with Crippen LogP contribution in [0, 0.1) is 0 Å². The molecule has 3 aliphatic rings. The summed E-state index contributed by atoms with van der Waals surface area (Å²) in [6.07, 6.45) is 9.45. The van der Waals surface area contributed by atoms with E-state index in [1.54, 1.807) is 0 Å². The van der Waals surface area contributed by atoms with Crippen LogP contribution in [0.3, 0.4) is 0 Å². The summed E-state index contributed by atoms with van der Waals surface area (Å²) in [5.74, 6) is 0.935. The number of nitrogens with zero attached hydrogens (tertiary/aromatic N) is 3. The van der Waals surface area contributed by atoms with Gasteiger partial charge in [-0.2, -0.15) is 0 Å². The van der Waals surface area contributed by atoms with Gasteiger partial charge in [0.1, 0.15) is 0 Å². The summed E-state index contributed by atoms with van der Waals surface area (Å²) in [6.45, 7) is 7.90. The first kappa shape index (κ1) is 20.7. The predicted octanol–water partition coefficient (Wildman–Crippen LogP) is 3.35. The highest BCUT2D eigenvalue weighted by molar-refractivity contribution is 5.80. The molecule has 0 bridgehead atoms. The van der Waals surface area contributed by atoms with Crippen molar-refractivity contribution in [3.05, 3.63) is 35.4 Å². The molecule has 1 aromatic carbocycles. The van der Waals surface area contributed by atoms with Crippen LogP contribution in [0.5, 0.6) is 0 Å². The van der Waals surface area contributed by atoms with E-state index in [9.17, 15) is 0 Å². The summed E-state index contributed by atoms with van der Waals surface area (Å²) in [4.78, 5) is 9.81. The van der Waals surface area contributed by atoms with Gasteiger partial charge in [0.25, 0.3) is 0 Å². The molecule has 0 radical (unpaired) electrons. The van der Waals surface area contributed by atoms with Crippen LogP contribution in [0.4, 0.5) is 0 Å². The average Bonchev–Trinajstić information content (AvgIpc) is 3.54. The second-order valence-corrected chi connectivity index (χ2v) is 9.24. The van der Waals surface area contributed by atoms with Crippen molar-refractivity contribution in [3.8, 4) is 0 Å². The Balaban J connectivity index is 1.30. The van der Waals surface area contributed by atoms with Crippen LogP contribution in [0.2, 0.25) is 0 Å². The van der Waals surface area contributed by atoms with E-state index in [-0.39, 0.29) is 0 Å². The number of aliphatic imine (C=N–C) groups is 1. The fourth-order valence-corrected chi connectivity index (χ4v) is 5.06. The second-order valence-electron chi connectivity index (χ2n) is 9.24. The standard InChI is InChI=1S/C24H39N5/c1-19-15-22(18-29(19)23-11-12-23)27-24(25-2)26-16-20-9-5-6-10-21(20)17-28-13-7-3-4-8-14-28/h5-6,9-10,19,22-23H,3-4,7-8,11-18H2,1-2H3,(H2,25,26,27). The van der Waals surface area contributed by atoms with Crippen molar-refractivity contribution in [1.29, 1.82) is 0 Å². The Morgan fingerprint density at radius 2 is 1.79 bits per heavy atom. The number of rotatable bonds is 6. The lowest BCUT2D eigenvalue weighted by molar-refractivity contribution is 0.256. The van der Waals surface area contributed by atoms with Gasteiger partial charge in [-0.05, 0) is 63.2 Å². The molecule has 0 aromatic heterocycles. The SMILES string of the molecule is CN=C(NCc1ccccc1CN1CCCCCC1)NC1CC(C)N(C2CC2)C1. The molecule has 2 unspecified atom stereocenters. The van der Waals surface area contributed by atoms with Crippen LogP contribution in [-0.2, 0) is 13.1 Å². The first-order valence-electron chi connectivity index (χ1n) is 11.7. The smallest absolute Gasteiger partial charge is 0.191 e. The summed E-state index contributed by atoms with van der Waals surface area (Å²) in [5, 5.41) is 7.25. The molecular formula is C24H39N5. The molecule has 160 valence electrons. The van der Waals surface area contributed by atoms with Gasteiger partial charge < -0.3 is 10.6 Å². The van der Waals surface area contributed by atoms with Crippen molar-refractivity contribution in [3.63, 3.8) is 0 Å². The minimum absolute atomic E-state index is 0.504. The highest BCUT2D eigenvalue weighted by Crippen LogP contribution is 2.33. The zero-order chi connectivity index (χ0) is 20.1. The van der Waals surface area contributed by atoms with E-state index in [1.807, 2.05) is 7.05 Å². The first-order chi connectivity index (χ1) is 14.2. The van der Waals surface area contributed by atoms with E-state index in [4.69, 9.17) is 0 Å². The Hall–Kier alpha value is -1.59. The lowest BCUT2D eigenvalue weighted by atomic mass is 10.1. The number of nitrogens with one attached hydrogen (secondary N) is 2. The summed E-state index contributed by atoms with van der Waals surface area (Å²) >= 11 is 0. The first-order valence-corrected chi connectivity index (χ1v) is 11.7. The maximum Gasteiger partial charge on any atom is 0.191 e. The van der Waals surface area contributed by atoms with Gasteiger partial charge >= 0.3 is 0 Å². The van der Waals surface area contributed by atoms with Crippen LogP contribution in [0.1, 0.15) is 63.0 Å². The van der Waals surface area contributed by atoms with Crippen LogP contribution in [0.25, 0.3) is 0 Å². The van der Waals surface area contributed by atoms with Gasteiger partial charge in [-0.1, -0.05) is 37.1 Å². The second kappa shape index (κ2) is 9.94. The molecular weight excluding hydrogens is 358 g/mol. The topological polar surface area (TPSA) is 42.9 Å². The molecule has 1 aromatic rings. The Morgan fingerprint density at radius 3 is 2.48 bits per heavy atom. The molecule has 1 aliphatic carbocycles. The lowest BCUT2D eigenvalue weighted by Crippen LogP contribution is -2.44. The van der Waals surface area contributed by atoms with E-state index in [1.165, 1.54) is 69.2 Å². The third kappa shape index (κ3) is 5.73. The normalized spacial score (nSPS) is 27.0. The van der Waals surface area contributed by atoms with Crippen molar-refractivity contribution < 1.29 is 0 Å². The molecule has 0 spiro atoms. The molecule has 2 saturated heterocycles. The van der Waals surface area contributed by atoms with E-state index in [0.717, 1.165) is 31.6 Å². The van der Waals surface area contributed by atoms with E-state index >= 15 is 0 Å². The molecule has 5 heteroatoms. The summed E-state index contributed by atoms with van der Waals surface area (Å²) < 4.78 is 0. The van der Waals surface area contributed by atoms with Crippen LogP contribution < -0.4 is 10.6 Å². The van der Waals surface area contributed by atoms with Gasteiger partial charge in [0.15, 0.2) is 5.96 Å². The Labute approximate surface area is 176 Å². The van der Waals surface area contributed by atoms with Crippen molar-refractivity contribution in [2.75, 3.05) is 26.7 Å². The van der Waals surface area contributed by atoms with Gasteiger partial charge in [-0.25, -0.2) is 0 Å². The minimum atomic E-state index is 0.504. The van der Waals surface area contributed by atoms with E-state index < -0.39 is 0 Å². The summed E-state index contributed by atoms with van der Waals surface area (Å²) in [5.41, 5.74) is 2.84. The zero-order valence-electron chi connectivity index (χ0n) is 18.4. The highest BCUT2D eigenvalue weighted by Gasteiger charge is 2.38. The molecule has 1 saturated carbocycles. The van der Waals surface area contributed by atoms with Crippen LogP contribution in [-0.4, -0.2) is 60.6 Å². The molecule has 2 N–H and O–H groups in total. The highest BCUT2D eigenvalue weighted by atomic mass is 15.3. The predicted molar refractivity (Wildman–Crippen MR) is 121 cm³/mol. The number of guanidine groups is 1. The Kier molecular flexibility index (Phi) is 7.09. The summed E-state index contributed by atoms with van der Waals surface area (Å²) in [6, 6.07) is 10.9. The summed E-state index contributed by atoms with van der Waals surface area (Å²) in [7, 11) is 1.88. The molecule has 4 rings (SSSR count). The number of benzene rings is 1. The number of likely N-dealkylation sites (tertiary alicyclic amines) is 2. The maximum atomic E-state index is 4.50. The van der Waals surface area contributed by atoms with E-state index in [2.05, 4.69) is 56.6 Å². The molecule has 0 amide bonds. The van der Waals surface area contributed by atoms with Crippen molar-refractivity contribution in [1.82, 2.24) is 20.4 Å². The van der Waals surface area contributed by atoms with Gasteiger partial charge in [-0.3, -0.25) is 14.8 Å². The monoisotopic (exact) mass is 397 g/mol. The van der Waals surface area contributed by atoms with Gasteiger partial charge in [-0.15, -0.1) is 0 Å². The number of hydrogen-bond acceptors (Lipinski definition) is 3. The maximum absolute atomic E-state index is 4.50. The van der Waals surface area contributed by atoms with E-state index in [0.29, 0.717) is 12.1 Å². The Morgan fingerprint density at radius 1 is 1.07 bits per heavy atom. The largest absolute Gasteiger partial charge is 0.352 e. The lowest BCUT2D eigenvalue weighted by Gasteiger charge is -2.22. The molecule has 2 heterocycles. The van der Waals surface area contributed by atoms with Crippen molar-refractivity contribution >= 4 is 5.96 Å². The van der Waals surface area contributed by atoms with Gasteiger partial charge in [0.2, 0.25) is 0 Å². The van der Waals surface area contributed by atoms with Gasteiger partial charge in [0.05, 0.1) is 0 Å². The zero-order valence-corrected chi connectivity index (χ0v) is 18.4. The van der Waals surface area contributed by atoms with Crippen LogP contribution >= 0.6 is 0 Å².